The fourth-order valence-electron chi connectivity index (χ4n) is 4.66. The molecule has 3 aromatic rings. The molecule has 5 rings (SSSR count). The number of amides is 1. The first-order chi connectivity index (χ1) is 18.0. The van der Waals surface area contributed by atoms with Crippen LogP contribution in [0.1, 0.15) is 25.0 Å². The average molecular weight is 529 g/mol. The van der Waals surface area contributed by atoms with Gasteiger partial charge in [0.15, 0.2) is 5.17 Å². The van der Waals surface area contributed by atoms with Crippen LogP contribution >= 0.6 is 23.5 Å². The van der Waals surface area contributed by atoms with Crippen LogP contribution in [0.4, 0.5) is 17.1 Å². The first-order valence-electron chi connectivity index (χ1n) is 12.7. The standard InChI is InChI=1S/C30H32N4OS2/c1-5-33(6-2)23-16-17-24(21(3)20-23)31-30-34(19-18-22-12-8-7-9-13-22)28(35)27(37-30)29-32(4)25-14-10-11-15-26(25)36-29/h7-17,20H,5-6,18-19H2,1-4H3/b29-27-,31-30?. The molecule has 7 heteroatoms. The number of fused-ring (bicyclic) bond motifs is 1. The molecule has 2 heterocycles. The zero-order valence-corrected chi connectivity index (χ0v) is 23.4. The van der Waals surface area contributed by atoms with Gasteiger partial charge in [0.2, 0.25) is 0 Å². The molecule has 37 heavy (non-hydrogen) atoms. The van der Waals surface area contributed by atoms with Crippen LogP contribution in [-0.4, -0.2) is 42.7 Å². The quantitative estimate of drug-likeness (QED) is 0.307. The lowest BCUT2D eigenvalue weighted by atomic mass is 10.1. The van der Waals surface area contributed by atoms with Crippen molar-refractivity contribution in [1.82, 2.24) is 4.90 Å². The van der Waals surface area contributed by atoms with Crippen LogP contribution in [0.2, 0.25) is 0 Å². The summed E-state index contributed by atoms with van der Waals surface area (Å²) in [5.74, 6) is 0.0271. The Bertz CT molecular complexity index is 1370. The highest BCUT2D eigenvalue weighted by Gasteiger charge is 2.39. The third kappa shape index (κ3) is 5.15. The van der Waals surface area contributed by atoms with Crippen molar-refractivity contribution in [2.45, 2.75) is 32.1 Å². The van der Waals surface area contributed by atoms with Crippen LogP contribution in [0, 0.1) is 6.92 Å². The molecule has 0 bridgehead atoms. The Kier molecular flexibility index (Phi) is 7.63. The zero-order valence-electron chi connectivity index (χ0n) is 21.8. The molecule has 3 aromatic carbocycles. The Morgan fingerprint density at radius 2 is 1.65 bits per heavy atom. The fourth-order valence-corrected chi connectivity index (χ4v) is 7.02. The lowest BCUT2D eigenvalue weighted by Gasteiger charge is -2.22. The van der Waals surface area contributed by atoms with Crippen molar-refractivity contribution in [3.8, 4) is 0 Å². The summed E-state index contributed by atoms with van der Waals surface area (Å²) in [6.45, 7) is 8.95. The van der Waals surface area contributed by atoms with Crippen LogP contribution in [0.5, 0.6) is 0 Å². The average Bonchev–Trinajstić information content (AvgIpc) is 3.41. The molecule has 0 aliphatic carbocycles. The van der Waals surface area contributed by atoms with E-state index < -0.39 is 0 Å². The molecule has 0 radical (unpaired) electrons. The van der Waals surface area contributed by atoms with E-state index in [2.05, 4.69) is 73.0 Å². The number of para-hydroxylation sites is 1. The van der Waals surface area contributed by atoms with E-state index in [1.165, 1.54) is 27.9 Å². The number of benzene rings is 3. The smallest absolute Gasteiger partial charge is 0.269 e. The van der Waals surface area contributed by atoms with Gasteiger partial charge in [-0.2, -0.15) is 0 Å². The Hall–Kier alpha value is -3.16. The molecule has 1 saturated heterocycles. The largest absolute Gasteiger partial charge is 0.372 e. The number of hydrogen-bond acceptors (Lipinski definition) is 6. The van der Waals surface area contributed by atoms with Crippen LogP contribution in [0.15, 0.2) is 92.6 Å². The highest BCUT2D eigenvalue weighted by molar-refractivity contribution is 8.19. The first-order valence-corrected chi connectivity index (χ1v) is 14.4. The van der Waals surface area contributed by atoms with Crippen molar-refractivity contribution >= 4 is 51.7 Å². The summed E-state index contributed by atoms with van der Waals surface area (Å²) in [6, 6.07) is 25.0. The molecule has 1 amide bonds. The minimum Gasteiger partial charge on any atom is -0.372 e. The van der Waals surface area contributed by atoms with Crippen molar-refractivity contribution in [3.63, 3.8) is 0 Å². The van der Waals surface area contributed by atoms with E-state index in [9.17, 15) is 4.79 Å². The second-order valence-corrected chi connectivity index (χ2v) is 11.1. The maximum Gasteiger partial charge on any atom is 0.269 e. The van der Waals surface area contributed by atoms with E-state index in [-0.39, 0.29) is 5.91 Å². The minimum atomic E-state index is 0.0271. The number of carbonyl (C=O) groups is 1. The second kappa shape index (κ2) is 11.1. The summed E-state index contributed by atoms with van der Waals surface area (Å²) >= 11 is 3.15. The normalized spacial score (nSPS) is 18.2. The van der Waals surface area contributed by atoms with Gasteiger partial charge in [-0.3, -0.25) is 9.69 Å². The van der Waals surface area contributed by atoms with E-state index >= 15 is 0 Å². The third-order valence-electron chi connectivity index (χ3n) is 6.79. The summed E-state index contributed by atoms with van der Waals surface area (Å²) in [7, 11) is 2.04. The maximum absolute atomic E-state index is 13.8. The summed E-state index contributed by atoms with van der Waals surface area (Å²) in [5, 5.41) is 1.71. The van der Waals surface area contributed by atoms with Gasteiger partial charge in [-0.25, -0.2) is 4.99 Å². The molecule has 0 atom stereocenters. The Morgan fingerprint density at radius 3 is 2.35 bits per heavy atom. The lowest BCUT2D eigenvalue weighted by Crippen LogP contribution is -2.31. The lowest BCUT2D eigenvalue weighted by molar-refractivity contribution is -0.122. The first kappa shape index (κ1) is 25.5. The third-order valence-corrected chi connectivity index (χ3v) is 9.22. The van der Waals surface area contributed by atoms with Gasteiger partial charge in [0.05, 0.1) is 16.4 Å². The highest BCUT2D eigenvalue weighted by atomic mass is 32.2. The SMILES string of the molecule is CCN(CC)c1ccc(N=C2S/C(=C3\Sc4ccccc4N3C)C(=O)N2CCc2ccccc2)c(C)c1. The number of hydrogen-bond donors (Lipinski definition) is 0. The predicted octanol–water partition coefficient (Wildman–Crippen LogP) is 7.06. The Labute approximate surface area is 228 Å². The number of amidine groups is 1. The molecular formula is C30H32N4OS2. The Balaban J connectivity index is 1.50. The molecule has 0 aromatic heterocycles. The Morgan fingerprint density at radius 1 is 0.919 bits per heavy atom. The molecule has 2 aliphatic rings. The van der Waals surface area contributed by atoms with Crippen molar-refractivity contribution in [1.29, 1.82) is 0 Å². The summed E-state index contributed by atoms with van der Waals surface area (Å²) in [6.07, 6.45) is 0.776. The monoisotopic (exact) mass is 528 g/mol. The highest BCUT2D eigenvalue weighted by Crippen LogP contribution is 2.50. The summed E-state index contributed by atoms with van der Waals surface area (Å²) in [5.41, 5.74) is 5.55. The number of rotatable bonds is 7. The summed E-state index contributed by atoms with van der Waals surface area (Å²) < 4.78 is 0. The zero-order chi connectivity index (χ0) is 25.9. The van der Waals surface area contributed by atoms with Crippen LogP contribution in [0.25, 0.3) is 0 Å². The van der Waals surface area contributed by atoms with Gasteiger partial charge in [-0.05, 0) is 80.4 Å². The minimum absolute atomic E-state index is 0.0271. The van der Waals surface area contributed by atoms with E-state index in [0.29, 0.717) is 6.54 Å². The van der Waals surface area contributed by atoms with Crippen molar-refractivity contribution in [2.24, 2.45) is 4.99 Å². The number of aryl methyl sites for hydroxylation is 1. The van der Waals surface area contributed by atoms with E-state index in [4.69, 9.17) is 4.99 Å². The van der Waals surface area contributed by atoms with E-state index in [1.807, 2.05) is 42.3 Å². The second-order valence-electron chi connectivity index (χ2n) is 9.09. The number of thioether (sulfide) groups is 2. The van der Waals surface area contributed by atoms with Crippen LogP contribution < -0.4 is 9.80 Å². The number of nitrogens with zero attached hydrogens (tertiary/aromatic N) is 4. The van der Waals surface area contributed by atoms with Crippen LogP contribution in [0.3, 0.4) is 0 Å². The molecule has 190 valence electrons. The molecular weight excluding hydrogens is 496 g/mol. The molecule has 0 N–H and O–H groups in total. The van der Waals surface area contributed by atoms with Gasteiger partial charge in [0.25, 0.3) is 5.91 Å². The number of anilines is 2. The topological polar surface area (TPSA) is 39.1 Å². The van der Waals surface area contributed by atoms with Gasteiger partial charge in [-0.1, -0.05) is 54.2 Å². The number of aliphatic imine (C=N–C) groups is 1. The molecule has 5 nitrogen and oxygen atoms in total. The van der Waals surface area contributed by atoms with Crippen molar-refractivity contribution in [3.05, 3.63) is 93.9 Å². The molecule has 0 unspecified atom stereocenters. The molecule has 2 aliphatic heterocycles. The maximum atomic E-state index is 13.8. The molecule has 1 fully saturated rings. The van der Waals surface area contributed by atoms with E-state index in [1.54, 1.807) is 11.8 Å². The van der Waals surface area contributed by atoms with Gasteiger partial charge in [0.1, 0.15) is 4.91 Å². The summed E-state index contributed by atoms with van der Waals surface area (Å²) in [4.78, 5) is 27.1. The van der Waals surface area contributed by atoms with Gasteiger partial charge in [-0.15, -0.1) is 0 Å². The van der Waals surface area contributed by atoms with Crippen molar-refractivity contribution < 1.29 is 4.79 Å². The fraction of sp³-hybridized carbons (Fsp3) is 0.267. The van der Waals surface area contributed by atoms with Crippen LogP contribution in [-0.2, 0) is 11.2 Å². The van der Waals surface area contributed by atoms with Crippen molar-refractivity contribution in [2.75, 3.05) is 36.5 Å². The molecule has 0 spiro atoms. The molecule has 0 saturated carbocycles. The van der Waals surface area contributed by atoms with Gasteiger partial charge >= 0.3 is 0 Å². The predicted molar refractivity (Wildman–Crippen MR) is 159 cm³/mol. The van der Waals surface area contributed by atoms with E-state index in [0.717, 1.165) is 51.6 Å². The number of carbonyl (C=O) groups excluding carboxylic acids is 1. The van der Waals surface area contributed by atoms with Gasteiger partial charge < -0.3 is 9.80 Å². The van der Waals surface area contributed by atoms with Gasteiger partial charge in [0, 0.05) is 37.3 Å².